The fourth-order valence-electron chi connectivity index (χ4n) is 2.35. The van der Waals surface area contributed by atoms with Crippen LogP contribution < -0.4 is 0 Å². The molecule has 18 heavy (non-hydrogen) atoms. The van der Waals surface area contributed by atoms with Crippen molar-refractivity contribution in [3.05, 3.63) is 34.9 Å². The summed E-state index contributed by atoms with van der Waals surface area (Å²) in [6, 6.07) is 7.19. The Morgan fingerprint density at radius 1 is 1.28 bits per heavy atom. The van der Waals surface area contributed by atoms with Gasteiger partial charge < -0.3 is 14.8 Å². The summed E-state index contributed by atoms with van der Waals surface area (Å²) >= 11 is 5.83. The molecule has 0 aromatic heterocycles. The summed E-state index contributed by atoms with van der Waals surface area (Å²) in [5, 5.41) is 9.54. The fourth-order valence-corrected chi connectivity index (χ4v) is 2.48. The Balaban J connectivity index is 2.21. The summed E-state index contributed by atoms with van der Waals surface area (Å²) < 4.78 is 0. The van der Waals surface area contributed by atoms with Crippen molar-refractivity contribution in [3.8, 4) is 0 Å². The van der Waals surface area contributed by atoms with Crippen molar-refractivity contribution in [1.82, 2.24) is 4.90 Å². The Kier molecular flexibility index (Phi) is 3.57. The number of amides is 1. The Morgan fingerprint density at radius 3 is 2.28 bits per heavy atom. The van der Waals surface area contributed by atoms with E-state index in [4.69, 9.17) is 16.7 Å². The lowest BCUT2D eigenvalue weighted by molar-refractivity contribution is -0.114. The van der Waals surface area contributed by atoms with Crippen LogP contribution in [0.3, 0.4) is 0 Å². The molecule has 0 saturated carbocycles. The number of likely N-dealkylation sites (tertiary alicyclic amines) is 1. The lowest BCUT2D eigenvalue weighted by atomic mass is 9.74. The highest BCUT2D eigenvalue weighted by molar-refractivity contribution is 6.30. The van der Waals surface area contributed by atoms with E-state index in [0.717, 1.165) is 11.8 Å². The first-order chi connectivity index (χ1) is 8.57. The zero-order valence-electron chi connectivity index (χ0n) is 9.80. The second-order valence-electron chi connectivity index (χ2n) is 4.55. The second-order valence-corrected chi connectivity index (χ2v) is 4.99. The maximum atomic E-state index is 11.4. The van der Waals surface area contributed by atoms with E-state index in [1.165, 1.54) is 4.90 Å². The summed E-state index contributed by atoms with van der Waals surface area (Å²) in [7, 11) is 0. The van der Waals surface area contributed by atoms with E-state index in [0.29, 0.717) is 31.0 Å². The zero-order valence-corrected chi connectivity index (χ0v) is 10.6. The number of carboxylic acid groups (broad SMARTS) is 1. The molecular weight excluding hydrogens is 254 g/mol. The Labute approximate surface area is 110 Å². The minimum absolute atomic E-state index is 0.386. The fraction of sp³-hybridized carbons (Fsp3) is 0.385. The third kappa shape index (κ3) is 2.34. The predicted octanol–water partition coefficient (Wildman–Crippen LogP) is 2.55. The first kappa shape index (κ1) is 12.9. The molecule has 0 radical (unpaired) electrons. The summed E-state index contributed by atoms with van der Waals surface area (Å²) in [5.74, 6) is 0. The van der Waals surface area contributed by atoms with E-state index in [2.05, 4.69) is 0 Å². The van der Waals surface area contributed by atoms with Crippen LogP contribution in [-0.4, -0.2) is 35.5 Å². The van der Waals surface area contributed by atoms with E-state index >= 15 is 0 Å². The molecule has 1 N–H and O–H groups in total. The van der Waals surface area contributed by atoms with Crippen LogP contribution in [0, 0.1) is 0 Å². The third-order valence-corrected chi connectivity index (χ3v) is 3.82. The van der Waals surface area contributed by atoms with Crippen LogP contribution in [0.2, 0.25) is 5.02 Å². The minimum Gasteiger partial charge on any atom is -0.465 e. The van der Waals surface area contributed by atoms with E-state index in [9.17, 15) is 9.59 Å². The highest BCUT2D eigenvalue weighted by atomic mass is 35.5. The molecular formula is C13H14ClNO3. The quantitative estimate of drug-likeness (QED) is 0.838. The average molecular weight is 268 g/mol. The van der Waals surface area contributed by atoms with Crippen LogP contribution in [0.1, 0.15) is 18.4 Å². The van der Waals surface area contributed by atoms with Gasteiger partial charge >= 0.3 is 6.09 Å². The summed E-state index contributed by atoms with van der Waals surface area (Å²) in [5.41, 5.74) is 0.336. The van der Waals surface area contributed by atoms with Crippen LogP contribution in [0.4, 0.5) is 4.79 Å². The molecule has 1 aromatic rings. The molecule has 2 rings (SSSR count). The predicted molar refractivity (Wildman–Crippen MR) is 68.0 cm³/mol. The Morgan fingerprint density at radius 2 is 1.83 bits per heavy atom. The molecule has 96 valence electrons. The minimum atomic E-state index is -0.925. The van der Waals surface area contributed by atoms with Crippen molar-refractivity contribution < 1.29 is 14.7 Å². The Bertz CT molecular complexity index is 450. The number of halogens is 1. The highest BCUT2D eigenvalue weighted by Crippen LogP contribution is 2.34. The van der Waals surface area contributed by atoms with Gasteiger partial charge in [-0.05, 0) is 30.5 Å². The van der Waals surface area contributed by atoms with E-state index in [-0.39, 0.29) is 0 Å². The molecule has 1 aliphatic rings. The van der Waals surface area contributed by atoms with Crippen molar-refractivity contribution >= 4 is 24.0 Å². The van der Waals surface area contributed by atoms with E-state index < -0.39 is 11.5 Å². The van der Waals surface area contributed by atoms with Crippen molar-refractivity contribution in [2.24, 2.45) is 0 Å². The molecule has 1 heterocycles. The van der Waals surface area contributed by atoms with Crippen LogP contribution in [0.15, 0.2) is 24.3 Å². The van der Waals surface area contributed by atoms with Gasteiger partial charge in [-0.15, -0.1) is 0 Å². The molecule has 1 amide bonds. The van der Waals surface area contributed by atoms with Gasteiger partial charge in [-0.3, -0.25) is 0 Å². The van der Waals surface area contributed by atoms with Gasteiger partial charge in [0.15, 0.2) is 0 Å². The molecule has 5 heteroatoms. The van der Waals surface area contributed by atoms with Crippen molar-refractivity contribution in [1.29, 1.82) is 0 Å². The molecule has 1 fully saturated rings. The third-order valence-electron chi connectivity index (χ3n) is 3.57. The van der Waals surface area contributed by atoms with Gasteiger partial charge in [0.2, 0.25) is 0 Å². The molecule has 0 unspecified atom stereocenters. The number of hydrogen-bond acceptors (Lipinski definition) is 2. The number of rotatable bonds is 2. The number of benzene rings is 1. The largest absolute Gasteiger partial charge is 0.465 e. The molecule has 0 aliphatic carbocycles. The normalized spacial score (nSPS) is 18.4. The number of aldehydes is 1. The van der Waals surface area contributed by atoms with Crippen LogP contribution in [0.5, 0.6) is 0 Å². The molecule has 0 bridgehead atoms. The molecule has 0 atom stereocenters. The first-order valence-corrected chi connectivity index (χ1v) is 6.15. The van der Waals surface area contributed by atoms with Crippen LogP contribution in [0.25, 0.3) is 0 Å². The number of carbonyl (C=O) groups is 2. The highest BCUT2D eigenvalue weighted by Gasteiger charge is 2.37. The van der Waals surface area contributed by atoms with Gasteiger partial charge in [-0.1, -0.05) is 23.7 Å². The monoisotopic (exact) mass is 267 g/mol. The van der Waals surface area contributed by atoms with Gasteiger partial charge in [0, 0.05) is 18.1 Å². The van der Waals surface area contributed by atoms with Crippen LogP contribution >= 0.6 is 11.6 Å². The number of nitrogens with zero attached hydrogens (tertiary/aromatic N) is 1. The summed E-state index contributed by atoms with van der Waals surface area (Å²) in [6.45, 7) is 0.771. The van der Waals surface area contributed by atoms with E-state index in [1.807, 2.05) is 12.1 Å². The lowest BCUT2D eigenvalue weighted by Gasteiger charge is -2.37. The second kappa shape index (κ2) is 4.98. The van der Waals surface area contributed by atoms with Crippen LogP contribution in [-0.2, 0) is 10.2 Å². The molecule has 0 spiro atoms. The topological polar surface area (TPSA) is 57.6 Å². The standard InChI is InChI=1S/C13H14ClNO3/c14-11-3-1-10(2-4-11)13(9-16)5-7-15(8-6-13)12(17)18/h1-4,9H,5-8H2,(H,17,18). The van der Waals surface area contributed by atoms with Crippen molar-refractivity contribution in [2.45, 2.75) is 18.3 Å². The number of hydrogen-bond donors (Lipinski definition) is 1. The SMILES string of the molecule is O=CC1(c2ccc(Cl)cc2)CCN(C(=O)O)CC1. The van der Waals surface area contributed by atoms with E-state index in [1.54, 1.807) is 12.1 Å². The number of piperidine rings is 1. The summed E-state index contributed by atoms with van der Waals surface area (Å²) in [4.78, 5) is 23.6. The van der Waals surface area contributed by atoms with Gasteiger partial charge in [0.25, 0.3) is 0 Å². The maximum Gasteiger partial charge on any atom is 0.407 e. The summed E-state index contributed by atoms with van der Waals surface area (Å²) in [6.07, 6.45) is 1.05. The van der Waals surface area contributed by atoms with Gasteiger partial charge in [0.05, 0.1) is 5.41 Å². The smallest absolute Gasteiger partial charge is 0.407 e. The zero-order chi connectivity index (χ0) is 13.2. The first-order valence-electron chi connectivity index (χ1n) is 5.78. The molecule has 1 aliphatic heterocycles. The average Bonchev–Trinajstić information content (AvgIpc) is 2.39. The van der Waals surface area contributed by atoms with Crippen molar-refractivity contribution in [2.75, 3.05) is 13.1 Å². The maximum absolute atomic E-state index is 11.4. The van der Waals surface area contributed by atoms with Crippen molar-refractivity contribution in [3.63, 3.8) is 0 Å². The Hall–Kier alpha value is -1.55. The molecule has 1 aromatic carbocycles. The van der Waals surface area contributed by atoms with Gasteiger partial charge in [0.1, 0.15) is 6.29 Å². The molecule has 1 saturated heterocycles. The van der Waals surface area contributed by atoms with Gasteiger partial charge in [-0.25, -0.2) is 4.79 Å². The van der Waals surface area contributed by atoms with Gasteiger partial charge in [-0.2, -0.15) is 0 Å². The lowest BCUT2D eigenvalue weighted by Crippen LogP contribution is -2.45. The molecule has 4 nitrogen and oxygen atoms in total. The number of carbonyl (C=O) groups excluding carboxylic acids is 1.